The first-order chi connectivity index (χ1) is 24.6. The van der Waals surface area contributed by atoms with Gasteiger partial charge in [-0.1, -0.05) is 166 Å². The molecule has 9 rings (SSSR count). The molecule has 0 spiro atoms. The maximum Gasteiger partial charge on any atom is 0.0540 e. The molecule has 50 heavy (non-hydrogen) atoms. The highest BCUT2D eigenvalue weighted by Crippen LogP contribution is 2.44. The van der Waals surface area contributed by atoms with Crippen molar-refractivity contribution in [2.75, 3.05) is 4.90 Å². The second-order valence-electron chi connectivity index (χ2n) is 13.5. The monoisotopic (exact) mass is 639 g/mol. The summed E-state index contributed by atoms with van der Waals surface area (Å²) in [6.45, 7) is 4.58. The van der Waals surface area contributed by atoms with Gasteiger partial charge in [0.05, 0.1) is 5.69 Å². The summed E-state index contributed by atoms with van der Waals surface area (Å²) in [6, 6.07) is 66.5. The van der Waals surface area contributed by atoms with Gasteiger partial charge in [0.2, 0.25) is 0 Å². The van der Waals surface area contributed by atoms with E-state index in [0.717, 1.165) is 17.1 Å². The van der Waals surface area contributed by atoms with E-state index in [9.17, 15) is 0 Å². The normalized spacial score (nSPS) is 11.6. The highest BCUT2D eigenvalue weighted by molar-refractivity contribution is 6.26. The Hall–Kier alpha value is -6.18. The third-order valence-corrected chi connectivity index (χ3v) is 10.2. The molecule has 0 bridgehead atoms. The maximum absolute atomic E-state index is 2.39. The number of anilines is 3. The summed E-state index contributed by atoms with van der Waals surface area (Å²) in [5.74, 6) is 0.469. The van der Waals surface area contributed by atoms with Gasteiger partial charge >= 0.3 is 0 Å². The van der Waals surface area contributed by atoms with Crippen LogP contribution in [0.2, 0.25) is 0 Å². The van der Waals surface area contributed by atoms with E-state index in [-0.39, 0.29) is 0 Å². The predicted molar refractivity (Wildman–Crippen MR) is 215 cm³/mol. The first kappa shape index (κ1) is 29.9. The Morgan fingerprint density at radius 3 is 1.50 bits per heavy atom. The SMILES string of the molecule is CC(C)c1ccc2ccc3c(-c4ccc(N(c5ccc(-c6ccccc6)cc5)c5ccccc5-c5ccccc5)cc4)ccc4ccc1c2c43. The van der Waals surface area contributed by atoms with Crippen molar-refractivity contribution in [3.05, 3.63) is 188 Å². The fourth-order valence-corrected chi connectivity index (χ4v) is 7.76. The predicted octanol–water partition coefficient (Wildman–Crippen LogP) is 14.2. The second-order valence-corrected chi connectivity index (χ2v) is 13.5. The number of rotatable bonds is 7. The molecule has 0 fully saturated rings. The average molecular weight is 640 g/mol. The molecule has 0 heterocycles. The summed E-state index contributed by atoms with van der Waals surface area (Å²) >= 11 is 0. The molecule has 1 nitrogen and oxygen atoms in total. The van der Waals surface area contributed by atoms with Crippen LogP contribution in [0.5, 0.6) is 0 Å². The number of nitrogens with zero attached hydrogens (tertiary/aromatic N) is 1. The van der Waals surface area contributed by atoms with Crippen LogP contribution in [0.15, 0.2) is 182 Å². The molecule has 0 radical (unpaired) electrons. The van der Waals surface area contributed by atoms with Crippen molar-refractivity contribution in [1.82, 2.24) is 0 Å². The van der Waals surface area contributed by atoms with Gasteiger partial charge in [-0.25, -0.2) is 0 Å². The van der Waals surface area contributed by atoms with Crippen LogP contribution in [0.1, 0.15) is 25.3 Å². The standard InChI is InChI=1S/C49H37N/c1-33(2)42-29-21-38-24-32-46-43(30-22-39-23-31-45(42)48(38)49(39)46)37-19-27-41(28-20-37)50(40-25-17-35(18-26-40)34-11-5-3-6-12-34)47-16-10-9-15-44(47)36-13-7-4-8-14-36/h3-33H,1-2H3. The van der Waals surface area contributed by atoms with Gasteiger partial charge in [0.15, 0.2) is 0 Å². The molecule has 0 N–H and O–H groups in total. The molecule has 1 heteroatoms. The molecule has 0 aliphatic heterocycles. The van der Waals surface area contributed by atoms with E-state index in [2.05, 4.69) is 201 Å². The molecule has 9 aromatic carbocycles. The van der Waals surface area contributed by atoms with Gasteiger partial charge in [-0.2, -0.15) is 0 Å². The molecular weight excluding hydrogens is 603 g/mol. The highest BCUT2D eigenvalue weighted by atomic mass is 15.1. The Labute approximate surface area is 294 Å². The molecule has 0 saturated heterocycles. The quantitative estimate of drug-likeness (QED) is 0.157. The summed E-state index contributed by atoms with van der Waals surface area (Å²) in [7, 11) is 0. The minimum atomic E-state index is 0.469. The number of benzene rings is 9. The topological polar surface area (TPSA) is 3.24 Å². The highest BCUT2D eigenvalue weighted by Gasteiger charge is 2.19. The minimum Gasteiger partial charge on any atom is -0.310 e. The van der Waals surface area contributed by atoms with Gasteiger partial charge < -0.3 is 4.90 Å². The van der Waals surface area contributed by atoms with E-state index in [1.807, 2.05) is 0 Å². The van der Waals surface area contributed by atoms with E-state index in [0.29, 0.717) is 5.92 Å². The Morgan fingerprint density at radius 1 is 0.360 bits per heavy atom. The van der Waals surface area contributed by atoms with E-state index >= 15 is 0 Å². The van der Waals surface area contributed by atoms with Gasteiger partial charge in [-0.05, 0) is 102 Å². The summed E-state index contributed by atoms with van der Waals surface area (Å²) < 4.78 is 0. The first-order valence-corrected chi connectivity index (χ1v) is 17.5. The molecular formula is C49H37N. The number of para-hydroxylation sites is 1. The van der Waals surface area contributed by atoms with Crippen molar-refractivity contribution >= 4 is 49.4 Å². The van der Waals surface area contributed by atoms with Crippen LogP contribution in [0.25, 0.3) is 65.7 Å². The fourth-order valence-electron chi connectivity index (χ4n) is 7.76. The van der Waals surface area contributed by atoms with Gasteiger partial charge in [0, 0.05) is 16.9 Å². The third kappa shape index (κ3) is 5.11. The minimum absolute atomic E-state index is 0.469. The second kappa shape index (κ2) is 12.4. The summed E-state index contributed by atoms with van der Waals surface area (Å²) in [5.41, 5.74) is 12.1. The van der Waals surface area contributed by atoms with Crippen LogP contribution in [-0.4, -0.2) is 0 Å². The van der Waals surface area contributed by atoms with E-state index < -0.39 is 0 Å². The lowest BCUT2D eigenvalue weighted by Gasteiger charge is -2.28. The Bertz CT molecular complexity index is 2580. The van der Waals surface area contributed by atoms with Crippen molar-refractivity contribution in [3.8, 4) is 33.4 Å². The first-order valence-electron chi connectivity index (χ1n) is 17.5. The van der Waals surface area contributed by atoms with Crippen molar-refractivity contribution in [2.45, 2.75) is 19.8 Å². The summed E-state index contributed by atoms with van der Waals surface area (Å²) in [6.07, 6.45) is 0. The molecule has 0 atom stereocenters. The van der Waals surface area contributed by atoms with Crippen LogP contribution < -0.4 is 4.90 Å². The van der Waals surface area contributed by atoms with Crippen LogP contribution in [-0.2, 0) is 0 Å². The van der Waals surface area contributed by atoms with Crippen LogP contribution in [0.4, 0.5) is 17.1 Å². The Balaban J connectivity index is 1.18. The summed E-state index contributed by atoms with van der Waals surface area (Å²) in [5, 5.41) is 8.02. The van der Waals surface area contributed by atoms with Crippen LogP contribution in [0, 0.1) is 0 Å². The van der Waals surface area contributed by atoms with E-state index in [1.54, 1.807) is 0 Å². The largest absolute Gasteiger partial charge is 0.310 e. The average Bonchev–Trinajstić information content (AvgIpc) is 3.18. The Morgan fingerprint density at radius 2 is 0.840 bits per heavy atom. The van der Waals surface area contributed by atoms with Crippen molar-refractivity contribution in [2.24, 2.45) is 0 Å². The smallest absolute Gasteiger partial charge is 0.0540 e. The van der Waals surface area contributed by atoms with Crippen molar-refractivity contribution < 1.29 is 0 Å². The van der Waals surface area contributed by atoms with Gasteiger partial charge in [0.25, 0.3) is 0 Å². The molecule has 0 aliphatic carbocycles. The molecule has 0 saturated carbocycles. The molecule has 0 unspecified atom stereocenters. The zero-order valence-corrected chi connectivity index (χ0v) is 28.3. The van der Waals surface area contributed by atoms with Crippen molar-refractivity contribution in [3.63, 3.8) is 0 Å². The van der Waals surface area contributed by atoms with Crippen molar-refractivity contribution in [1.29, 1.82) is 0 Å². The summed E-state index contributed by atoms with van der Waals surface area (Å²) in [4.78, 5) is 2.39. The molecule has 238 valence electrons. The third-order valence-electron chi connectivity index (χ3n) is 10.2. The molecule has 0 aliphatic rings. The van der Waals surface area contributed by atoms with E-state index in [1.165, 1.54) is 71.3 Å². The van der Waals surface area contributed by atoms with Crippen LogP contribution >= 0.6 is 0 Å². The van der Waals surface area contributed by atoms with Gasteiger partial charge in [0.1, 0.15) is 0 Å². The fraction of sp³-hybridized carbons (Fsp3) is 0.0612. The lowest BCUT2D eigenvalue weighted by atomic mass is 9.86. The number of hydrogen-bond acceptors (Lipinski definition) is 1. The molecule has 9 aromatic rings. The molecule has 0 amide bonds. The van der Waals surface area contributed by atoms with Gasteiger partial charge in [-0.3, -0.25) is 0 Å². The zero-order valence-electron chi connectivity index (χ0n) is 28.3. The molecule has 0 aromatic heterocycles. The van der Waals surface area contributed by atoms with E-state index in [4.69, 9.17) is 0 Å². The van der Waals surface area contributed by atoms with Crippen LogP contribution in [0.3, 0.4) is 0 Å². The zero-order chi connectivity index (χ0) is 33.6. The number of hydrogen-bond donors (Lipinski definition) is 0. The maximum atomic E-state index is 2.39. The van der Waals surface area contributed by atoms with Gasteiger partial charge in [-0.15, -0.1) is 0 Å². The lowest BCUT2D eigenvalue weighted by molar-refractivity contribution is 0.877. The Kier molecular flexibility index (Phi) is 7.40. The lowest BCUT2D eigenvalue weighted by Crippen LogP contribution is -2.11.